The van der Waals surface area contributed by atoms with E-state index in [2.05, 4.69) is 27.7 Å². The first kappa shape index (κ1) is 21.3. The van der Waals surface area contributed by atoms with Crippen LogP contribution in [-0.4, -0.2) is 28.7 Å². The molecule has 1 atom stereocenters. The lowest BCUT2D eigenvalue weighted by molar-refractivity contribution is -0.141. The van der Waals surface area contributed by atoms with Crippen LogP contribution in [0, 0.1) is 23.7 Å². The minimum Gasteiger partial charge on any atom is -0.325 e. The molecule has 1 heterocycles. The summed E-state index contributed by atoms with van der Waals surface area (Å²) in [4.78, 5) is 42.8. The van der Waals surface area contributed by atoms with E-state index in [4.69, 9.17) is 0 Å². The number of hydrogen-bond acceptors (Lipinski definition) is 3. The van der Waals surface area contributed by atoms with Crippen molar-refractivity contribution in [1.82, 2.24) is 4.90 Å². The summed E-state index contributed by atoms with van der Waals surface area (Å²) in [6.45, 7) is 10.7. The van der Waals surface area contributed by atoms with E-state index < -0.39 is 6.04 Å². The monoisotopic (exact) mass is 418 g/mol. The number of anilines is 1. The quantitative estimate of drug-likeness (QED) is 0.679. The summed E-state index contributed by atoms with van der Waals surface area (Å²) in [6.07, 6.45) is 0.0128. The number of hydrogen-bond donors (Lipinski definition) is 0. The molecule has 4 rings (SSSR count). The fourth-order valence-electron chi connectivity index (χ4n) is 4.92. The summed E-state index contributed by atoms with van der Waals surface area (Å²) < 4.78 is 0. The molecule has 0 spiro atoms. The Balaban J connectivity index is 1.67. The van der Waals surface area contributed by atoms with Gasteiger partial charge < -0.3 is 4.90 Å². The zero-order valence-electron chi connectivity index (χ0n) is 18.9. The van der Waals surface area contributed by atoms with Crippen molar-refractivity contribution in [3.05, 3.63) is 65.7 Å². The molecule has 2 aromatic carbocycles. The molecule has 162 valence electrons. The molecule has 0 bridgehead atoms. The maximum atomic E-state index is 13.7. The van der Waals surface area contributed by atoms with Crippen LogP contribution in [0.2, 0.25) is 0 Å². The Kier molecular flexibility index (Phi) is 5.03. The van der Waals surface area contributed by atoms with Gasteiger partial charge in [-0.25, -0.2) is 4.90 Å². The Hall–Kier alpha value is -2.95. The molecule has 2 fully saturated rings. The predicted molar refractivity (Wildman–Crippen MR) is 120 cm³/mol. The number of carbonyl (C=O) groups is 3. The van der Waals surface area contributed by atoms with Crippen molar-refractivity contribution in [3.8, 4) is 0 Å². The van der Waals surface area contributed by atoms with Gasteiger partial charge >= 0.3 is 0 Å². The van der Waals surface area contributed by atoms with E-state index in [1.165, 1.54) is 4.90 Å². The van der Waals surface area contributed by atoms with Gasteiger partial charge in [-0.05, 0) is 35.4 Å². The number of carbonyl (C=O) groups excluding carboxylic acids is 3. The van der Waals surface area contributed by atoms with Crippen LogP contribution in [0.25, 0.3) is 0 Å². The summed E-state index contributed by atoms with van der Waals surface area (Å²) in [5.41, 5.74) is 2.33. The highest BCUT2D eigenvalue weighted by Gasteiger charge is 2.69. The smallest absolute Gasteiger partial charge is 0.257 e. The molecule has 1 aliphatic heterocycles. The van der Waals surface area contributed by atoms with E-state index in [0.717, 1.165) is 11.1 Å². The molecular weight excluding hydrogens is 388 g/mol. The third-order valence-corrected chi connectivity index (χ3v) is 7.54. The second-order valence-electron chi connectivity index (χ2n) is 9.95. The highest BCUT2D eigenvalue weighted by atomic mass is 16.2. The standard InChI is InChI=1S/C26H30N2O3/c1-17-11-13-18(14-12-17)16-27(24(31)22-25(2,3)26(22,4)5)20-15-21(29)28(23(20)30)19-9-7-6-8-10-19/h6-14,20,22H,15-16H2,1-5H3. The second-order valence-corrected chi connectivity index (χ2v) is 9.95. The van der Waals surface area contributed by atoms with Gasteiger partial charge in [0.15, 0.2) is 0 Å². The van der Waals surface area contributed by atoms with E-state index in [9.17, 15) is 14.4 Å². The predicted octanol–water partition coefficient (Wildman–Crippen LogP) is 4.34. The number of nitrogens with zero attached hydrogens (tertiary/aromatic N) is 2. The molecule has 0 radical (unpaired) electrons. The number of rotatable bonds is 5. The van der Waals surface area contributed by atoms with Gasteiger partial charge in [-0.3, -0.25) is 14.4 Å². The Morgan fingerprint density at radius 1 is 0.968 bits per heavy atom. The third kappa shape index (κ3) is 3.46. The fraction of sp³-hybridized carbons (Fsp3) is 0.423. The summed E-state index contributed by atoms with van der Waals surface area (Å²) in [5.74, 6) is -0.819. The van der Waals surface area contributed by atoms with Crippen molar-refractivity contribution in [2.24, 2.45) is 16.7 Å². The van der Waals surface area contributed by atoms with Gasteiger partial charge in [0.2, 0.25) is 11.8 Å². The van der Waals surface area contributed by atoms with Crippen LogP contribution in [0.4, 0.5) is 5.69 Å². The van der Waals surface area contributed by atoms with E-state index >= 15 is 0 Å². The third-order valence-electron chi connectivity index (χ3n) is 7.54. The maximum absolute atomic E-state index is 13.7. The normalized spacial score (nSPS) is 22.0. The number of aryl methyl sites for hydroxylation is 1. The average Bonchev–Trinajstić information content (AvgIpc) is 2.96. The molecular formula is C26H30N2O3. The Morgan fingerprint density at radius 2 is 1.55 bits per heavy atom. The first-order chi connectivity index (χ1) is 14.6. The summed E-state index contributed by atoms with van der Waals surface area (Å²) in [7, 11) is 0. The lowest BCUT2D eigenvalue weighted by Gasteiger charge is -2.29. The van der Waals surface area contributed by atoms with Crippen LogP contribution in [-0.2, 0) is 20.9 Å². The summed E-state index contributed by atoms with van der Waals surface area (Å²) >= 11 is 0. The number of para-hydroxylation sites is 1. The van der Waals surface area contributed by atoms with Crippen molar-refractivity contribution in [1.29, 1.82) is 0 Å². The van der Waals surface area contributed by atoms with Crippen LogP contribution in [0.15, 0.2) is 54.6 Å². The first-order valence-electron chi connectivity index (χ1n) is 10.8. The van der Waals surface area contributed by atoms with Gasteiger partial charge in [0.05, 0.1) is 12.1 Å². The van der Waals surface area contributed by atoms with Gasteiger partial charge in [-0.2, -0.15) is 0 Å². The second kappa shape index (κ2) is 7.33. The van der Waals surface area contributed by atoms with Crippen molar-refractivity contribution >= 4 is 23.4 Å². The van der Waals surface area contributed by atoms with Crippen LogP contribution < -0.4 is 4.90 Å². The Morgan fingerprint density at radius 3 is 2.10 bits per heavy atom. The van der Waals surface area contributed by atoms with Gasteiger partial charge in [0.1, 0.15) is 6.04 Å². The van der Waals surface area contributed by atoms with Crippen LogP contribution in [0.1, 0.15) is 45.2 Å². The van der Waals surface area contributed by atoms with Crippen molar-refractivity contribution in [3.63, 3.8) is 0 Å². The summed E-state index contributed by atoms with van der Waals surface area (Å²) in [5, 5.41) is 0. The zero-order chi connectivity index (χ0) is 22.6. The lowest BCUT2D eigenvalue weighted by Crippen LogP contribution is -2.46. The number of imide groups is 1. The van der Waals surface area contributed by atoms with Crippen molar-refractivity contribution in [2.75, 3.05) is 4.90 Å². The molecule has 5 nitrogen and oxygen atoms in total. The topological polar surface area (TPSA) is 57.7 Å². The molecule has 5 heteroatoms. The van der Waals surface area contributed by atoms with Crippen molar-refractivity contribution < 1.29 is 14.4 Å². The van der Waals surface area contributed by atoms with Crippen LogP contribution in [0.3, 0.4) is 0 Å². The number of benzene rings is 2. The van der Waals surface area contributed by atoms with E-state index in [1.54, 1.807) is 29.2 Å². The maximum Gasteiger partial charge on any atom is 0.257 e. The Labute approximate surface area is 184 Å². The fourth-order valence-corrected chi connectivity index (χ4v) is 4.92. The lowest BCUT2D eigenvalue weighted by atomic mass is 10.0. The minimum atomic E-state index is -0.784. The number of amides is 3. The molecule has 0 N–H and O–H groups in total. The summed E-state index contributed by atoms with van der Waals surface area (Å²) in [6, 6.07) is 16.1. The molecule has 3 amide bonds. The van der Waals surface area contributed by atoms with Gasteiger partial charge in [0.25, 0.3) is 5.91 Å². The van der Waals surface area contributed by atoms with E-state index in [-0.39, 0.29) is 40.9 Å². The SMILES string of the molecule is Cc1ccc(CN(C(=O)C2C(C)(C)C2(C)C)C2CC(=O)N(c3ccccc3)C2=O)cc1. The molecule has 1 aliphatic carbocycles. The zero-order valence-corrected chi connectivity index (χ0v) is 18.9. The molecule has 31 heavy (non-hydrogen) atoms. The molecule has 1 unspecified atom stereocenters. The minimum absolute atomic E-state index is 0.0128. The van der Waals surface area contributed by atoms with Gasteiger partial charge in [-0.15, -0.1) is 0 Å². The average molecular weight is 419 g/mol. The molecule has 2 aromatic rings. The van der Waals surface area contributed by atoms with E-state index in [1.807, 2.05) is 37.3 Å². The highest BCUT2D eigenvalue weighted by molar-refractivity contribution is 6.23. The first-order valence-corrected chi connectivity index (χ1v) is 10.8. The van der Waals surface area contributed by atoms with Crippen molar-refractivity contribution in [2.45, 2.75) is 53.6 Å². The largest absolute Gasteiger partial charge is 0.325 e. The molecule has 2 aliphatic rings. The van der Waals surface area contributed by atoms with E-state index in [0.29, 0.717) is 12.2 Å². The highest BCUT2D eigenvalue weighted by Crippen LogP contribution is 2.69. The molecule has 1 saturated heterocycles. The van der Waals surface area contributed by atoms with Gasteiger partial charge in [0, 0.05) is 12.5 Å². The van der Waals surface area contributed by atoms with Gasteiger partial charge in [-0.1, -0.05) is 75.7 Å². The Bertz CT molecular complexity index is 1010. The van der Waals surface area contributed by atoms with Crippen LogP contribution >= 0.6 is 0 Å². The molecule has 1 saturated carbocycles. The molecule has 0 aromatic heterocycles. The van der Waals surface area contributed by atoms with Crippen LogP contribution in [0.5, 0.6) is 0 Å².